The van der Waals surface area contributed by atoms with Gasteiger partial charge < -0.3 is 24.4 Å². The molecule has 1 saturated heterocycles. The number of rotatable bonds is 6. The first kappa shape index (κ1) is 21.2. The van der Waals surface area contributed by atoms with E-state index in [2.05, 4.69) is 27.1 Å². The van der Waals surface area contributed by atoms with Gasteiger partial charge in [-0.1, -0.05) is 17.7 Å². The van der Waals surface area contributed by atoms with Gasteiger partial charge in [0, 0.05) is 57.4 Å². The Balaban J connectivity index is 1.42. The fourth-order valence-electron chi connectivity index (χ4n) is 3.60. The van der Waals surface area contributed by atoms with Crippen LogP contribution in [0.5, 0.6) is 5.75 Å². The molecule has 31 heavy (non-hydrogen) atoms. The molecule has 0 aliphatic carbocycles. The number of hydrogen-bond donors (Lipinski definition) is 1. The predicted molar refractivity (Wildman–Crippen MR) is 122 cm³/mol. The van der Waals surface area contributed by atoms with Crippen LogP contribution in [-0.2, 0) is 6.54 Å². The SMILES string of the molecule is COc1cc(-n2cccc2)c(Cl)cc1C(=O)NCc1ccc(N2CCN(C)CC2)nc1. The first-order valence-corrected chi connectivity index (χ1v) is 10.6. The van der Waals surface area contributed by atoms with E-state index in [4.69, 9.17) is 16.3 Å². The quantitative estimate of drug-likeness (QED) is 0.639. The Morgan fingerprint density at radius 2 is 1.90 bits per heavy atom. The fraction of sp³-hybridized carbons (Fsp3) is 0.304. The lowest BCUT2D eigenvalue weighted by Crippen LogP contribution is -2.44. The van der Waals surface area contributed by atoms with Crippen LogP contribution in [0.15, 0.2) is 55.0 Å². The lowest BCUT2D eigenvalue weighted by atomic mass is 10.1. The number of ether oxygens (including phenoxy) is 1. The minimum Gasteiger partial charge on any atom is -0.496 e. The number of likely N-dealkylation sites (N-methyl/N-ethyl adjacent to an activating group) is 1. The molecule has 4 rings (SSSR count). The topological polar surface area (TPSA) is 62.6 Å². The summed E-state index contributed by atoms with van der Waals surface area (Å²) in [7, 11) is 3.67. The van der Waals surface area contributed by atoms with E-state index in [1.54, 1.807) is 19.2 Å². The molecule has 1 aromatic carbocycles. The number of benzene rings is 1. The number of nitrogens with one attached hydrogen (secondary N) is 1. The zero-order valence-corrected chi connectivity index (χ0v) is 18.5. The summed E-state index contributed by atoms with van der Waals surface area (Å²) in [5.41, 5.74) is 2.08. The highest BCUT2D eigenvalue weighted by atomic mass is 35.5. The van der Waals surface area contributed by atoms with Crippen LogP contribution in [0.4, 0.5) is 5.82 Å². The first-order chi connectivity index (χ1) is 15.0. The monoisotopic (exact) mass is 439 g/mol. The van der Waals surface area contributed by atoms with E-state index in [0.29, 0.717) is 22.9 Å². The standard InChI is InChI=1S/C23H26ClN5O2/c1-27-9-11-29(12-10-27)22-6-5-17(15-25-22)16-26-23(30)18-13-19(24)20(14-21(18)31-2)28-7-3-4-8-28/h3-8,13-15H,9-12,16H2,1-2H3,(H,26,30). The van der Waals surface area contributed by atoms with Gasteiger partial charge in [0.2, 0.25) is 0 Å². The molecule has 0 spiro atoms. The van der Waals surface area contributed by atoms with Crippen LogP contribution in [-0.4, -0.2) is 60.7 Å². The molecule has 0 radical (unpaired) electrons. The maximum atomic E-state index is 12.8. The van der Waals surface area contributed by atoms with Gasteiger partial charge in [-0.15, -0.1) is 0 Å². The molecule has 7 nitrogen and oxygen atoms in total. The third kappa shape index (κ3) is 4.84. The van der Waals surface area contributed by atoms with Crippen molar-refractivity contribution < 1.29 is 9.53 Å². The Kier molecular flexibility index (Phi) is 6.44. The Morgan fingerprint density at radius 3 is 2.55 bits per heavy atom. The molecule has 1 aliphatic rings. The number of carbonyl (C=O) groups excluding carboxylic acids is 1. The van der Waals surface area contributed by atoms with Crippen molar-refractivity contribution in [2.75, 3.05) is 45.2 Å². The van der Waals surface area contributed by atoms with Gasteiger partial charge in [0.15, 0.2) is 0 Å². The molecule has 1 N–H and O–H groups in total. The van der Waals surface area contributed by atoms with Crippen molar-refractivity contribution in [3.8, 4) is 11.4 Å². The van der Waals surface area contributed by atoms with Gasteiger partial charge in [-0.2, -0.15) is 0 Å². The van der Waals surface area contributed by atoms with E-state index < -0.39 is 0 Å². The normalized spacial score (nSPS) is 14.5. The van der Waals surface area contributed by atoms with Gasteiger partial charge in [0.25, 0.3) is 5.91 Å². The average molecular weight is 440 g/mol. The van der Waals surface area contributed by atoms with Crippen molar-refractivity contribution in [2.45, 2.75) is 6.54 Å². The molecule has 1 amide bonds. The van der Waals surface area contributed by atoms with Crippen LogP contribution in [0.25, 0.3) is 5.69 Å². The number of piperazine rings is 1. The minimum atomic E-state index is -0.249. The molecule has 0 atom stereocenters. The van der Waals surface area contributed by atoms with E-state index in [9.17, 15) is 4.79 Å². The van der Waals surface area contributed by atoms with Crippen LogP contribution in [0.1, 0.15) is 15.9 Å². The Bertz CT molecular complexity index is 1030. The van der Waals surface area contributed by atoms with E-state index in [1.807, 2.05) is 47.4 Å². The largest absolute Gasteiger partial charge is 0.496 e. The number of aromatic nitrogens is 2. The van der Waals surface area contributed by atoms with E-state index in [1.165, 1.54) is 0 Å². The number of carbonyl (C=O) groups is 1. The Labute approximate surface area is 187 Å². The molecule has 1 fully saturated rings. The van der Waals surface area contributed by atoms with Crippen LogP contribution in [0.2, 0.25) is 5.02 Å². The van der Waals surface area contributed by atoms with Gasteiger partial charge in [-0.3, -0.25) is 4.79 Å². The molecule has 3 heterocycles. The molecule has 162 valence electrons. The highest BCUT2D eigenvalue weighted by molar-refractivity contribution is 6.33. The summed E-state index contributed by atoms with van der Waals surface area (Å²) in [5, 5.41) is 3.40. The van der Waals surface area contributed by atoms with Gasteiger partial charge in [0.1, 0.15) is 11.6 Å². The summed E-state index contributed by atoms with van der Waals surface area (Å²) in [4.78, 5) is 22.0. The fourth-order valence-corrected chi connectivity index (χ4v) is 3.86. The second-order valence-corrected chi connectivity index (χ2v) is 8.00. The molecule has 8 heteroatoms. The maximum Gasteiger partial charge on any atom is 0.255 e. The molecule has 2 aromatic heterocycles. The maximum absolute atomic E-state index is 12.8. The summed E-state index contributed by atoms with van der Waals surface area (Å²) in [6.45, 7) is 4.38. The predicted octanol–water partition coefficient (Wildman–Crippen LogP) is 3.22. The number of pyridine rings is 1. The summed E-state index contributed by atoms with van der Waals surface area (Å²) < 4.78 is 7.32. The lowest BCUT2D eigenvalue weighted by Gasteiger charge is -2.33. The number of halogens is 1. The van der Waals surface area contributed by atoms with E-state index in [-0.39, 0.29) is 5.91 Å². The number of hydrogen-bond acceptors (Lipinski definition) is 5. The van der Waals surface area contributed by atoms with Crippen molar-refractivity contribution >= 4 is 23.3 Å². The highest BCUT2D eigenvalue weighted by Gasteiger charge is 2.17. The van der Waals surface area contributed by atoms with Crippen molar-refractivity contribution in [3.05, 3.63) is 71.1 Å². The van der Waals surface area contributed by atoms with Crippen LogP contribution >= 0.6 is 11.6 Å². The second kappa shape index (κ2) is 9.41. The number of methoxy groups -OCH3 is 1. The second-order valence-electron chi connectivity index (χ2n) is 7.59. The van der Waals surface area contributed by atoms with E-state index in [0.717, 1.165) is 43.2 Å². The minimum absolute atomic E-state index is 0.249. The molecule has 0 saturated carbocycles. The van der Waals surface area contributed by atoms with E-state index >= 15 is 0 Å². The van der Waals surface area contributed by atoms with Gasteiger partial charge in [-0.25, -0.2) is 4.98 Å². The molecule has 1 aliphatic heterocycles. The number of nitrogens with zero attached hydrogens (tertiary/aromatic N) is 4. The van der Waals surface area contributed by atoms with Gasteiger partial charge in [-0.05, 0) is 36.9 Å². The smallest absolute Gasteiger partial charge is 0.255 e. The molecule has 0 unspecified atom stereocenters. The number of anilines is 1. The third-order valence-corrected chi connectivity index (χ3v) is 5.79. The molecular formula is C23H26ClN5O2. The van der Waals surface area contributed by atoms with Crippen molar-refractivity contribution in [2.24, 2.45) is 0 Å². The Hall–Kier alpha value is -3.03. The average Bonchev–Trinajstić information content (AvgIpc) is 3.33. The van der Waals surface area contributed by atoms with Gasteiger partial charge >= 0.3 is 0 Å². The zero-order chi connectivity index (χ0) is 21.8. The van der Waals surface area contributed by atoms with Crippen LogP contribution in [0, 0.1) is 0 Å². The Morgan fingerprint density at radius 1 is 1.16 bits per heavy atom. The summed E-state index contributed by atoms with van der Waals surface area (Å²) >= 11 is 6.44. The van der Waals surface area contributed by atoms with Crippen molar-refractivity contribution in [1.82, 2.24) is 19.8 Å². The molecular weight excluding hydrogens is 414 g/mol. The van der Waals surface area contributed by atoms with Crippen molar-refractivity contribution in [1.29, 1.82) is 0 Å². The first-order valence-electron chi connectivity index (χ1n) is 10.2. The number of amides is 1. The van der Waals surface area contributed by atoms with Crippen LogP contribution < -0.4 is 15.0 Å². The molecule has 3 aromatic rings. The lowest BCUT2D eigenvalue weighted by molar-refractivity contribution is 0.0948. The summed E-state index contributed by atoms with van der Waals surface area (Å²) in [6.07, 6.45) is 5.59. The third-order valence-electron chi connectivity index (χ3n) is 5.49. The summed E-state index contributed by atoms with van der Waals surface area (Å²) in [6, 6.07) is 11.2. The zero-order valence-electron chi connectivity index (χ0n) is 17.7. The van der Waals surface area contributed by atoms with Gasteiger partial charge in [0.05, 0.1) is 23.4 Å². The van der Waals surface area contributed by atoms with Crippen molar-refractivity contribution in [3.63, 3.8) is 0 Å². The molecule has 0 bridgehead atoms. The summed E-state index contributed by atoms with van der Waals surface area (Å²) in [5.74, 6) is 1.19. The highest BCUT2D eigenvalue weighted by Crippen LogP contribution is 2.30. The van der Waals surface area contributed by atoms with Crippen LogP contribution in [0.3, 0.4) is 0 Å².